The van der Waals surface area contributed by atoms with Crippen LogP contribution in [0.25, 0.3) is 0 Å². The van der Waals surface area contributed by atoms with Crippen LogP contribution in [0.4, 0.5) is 0 Å². The molecule has 0 fully saturated rings. The molecule has 0 aliphatic carbocycles. The van der Waals surface area contributed by atoms with Gasteiger partial charge in [-0.2, -0.15) is 0 Å². The van der Waals surface area contributed by atoms with Crippen molar-refractivity contribution in [2.45, 2.75) is 27.4 Å². The van der Waals surface area contributed by atoms with Crippen molar-refractivity contribution in [1.82, 2.24) is 4.98 Å². The lowest BCUT2D eigenvalue weighted by Gasteiger charge is -2.15. The van der Waals surface area contributed by atoms with Gasteiger partial charge >= 0.3 is 5.97 Å². The van der Waals surface area contributed by atoms with E-state index in [4.69, 9.17) is 9.84 Å². The van der Waals surface area contributed by atoms with Gasteiger partial charge in [-0.25, -0.2) is 0 Å². The molecule has 0 amide bonds. The van der Waals surface area contributed by atoms with Crippen LogP contribution in [0.2, 0.25) is 0 Å². The second-order valence-electron chi connectivity index (χ2n) is 4.21. The van der Waals surface area contributed by atoms with Gasteiger partial charge in [0.05, 0.1) is 11.1 Å². The van der Waals surface area contributed by atoms with Gasteiger partial charge in [-0.1, -0.05) is 0 Å². The molecule has 0 unspecified atom stereocenters. The van der Waals surface area contributed by atoms with Crippen LogP contribution in [0.5, 0.6) is 5.75 Å². The van der Waals surface area contributed by atoms with Crippen molar-refractivity contribution in [1.29, 1.82) is 0 Å². The predicted octanol–water partition coefficient (Wildman–Crippen LogP) is 1.81. The van der Waals surface area contributed by atoms with Crippen LogP contribution >= 0.6 is 0 Å². The summed E-state index contributed by atoms with van der Waals surface area (Å²) in [5.41, 5.74) is 0.189. The van der Waals surface area contributed by atoms with Crippen molar-refractivity contribution in [2.75, 3.05) is 0 Å². The molecule has 0 saturated carbocycles. The summed E-state index contributed by atoms with van der Waals surface area (Å²) in [5.74, 6) is -0.113. The van der Waals surface area contributed by atoms with Crippen LogP contribution in [-0.4, -0.2) is 16.1 Å². The van der Waals surface area contributed by atoms with Gasteiger partial charge in [0.2, 0.25) is 0 Å². The molecule has 1 aromatic heterocycles. The van der Waals surface area contributed by atoms with Crippen molar-refractivity contribution < 1.29 is 14.6 Å². The summed E-state index contributed by atoms with van der Waals surface area (Å²) >= 11 is 0. The van der Waals surface area contributed by atoms with Gasteiger partial charge in [0.25, 0.3) is 0 Å². The zero-order chi connectivity index (χ0) is 10.8. The van der Waals surface area contributed by atoms with Gasteiger partial charge in [0.15, 0.2) is 0 Å². The molecule has 0 aliphatic rings. The van der Waals surface area contributed by atoms with E-state index in [9.17, 15) is 4.79 Å². The topological polar surface area (TPSA) is 62.3 Å². The van der Waals surface area contributed by atoms with Crippen molar-refractivity contribution in [3.8, 4) is 5.75 Å². The van der Waals surface area contributed by atoms with Crippen molar-refractivity contribution in [3.63, 3.8) is 0 Å². The Hall–Kier alpha value is -1.45. The van der Waals surface area contributed by atoms with Crippen LogP contribution in [-0.2, 0) is 16.1 Å². The Morgan fingerprint density at radius 1 is 1.57 bits per heavy atom. The summed E-state index contributed by atoms with van der Waals surface area (Å²) in [6, 6.07) is 1.52. The van der Waals surface area contributed by atoms with E-state index in [0.29, 0.717) is 5.69 Å². The van der Waals surface area contributed by atoms with Crippen molar-refractivity contribution in [2.24, 2.45) is 5.41 Å². The highest BCUT2D eigenvalue weighted by Crippen LogP contribution is 2.17. The number of aromatic amines is 1. The fourth-order valence-electron chi connectivity index (χ4n) is 0.872. The number of ether oxygens (including phenoxy) is 1. The number of carbonyl (C=O) groups excluding carboxylic acids is 1. The lowest BCUT2D eigenvalue weighted by Crippen LogP contribution is -2.22. The van der Waals surface area contributed by atoms with Crippen LogP contribution < -0.4 is 0 Å². The summed E-state index contributed by atoms with van der Waals surface area (Å²) in [4.78, 5) is 14.1. The first-order valence-corrected chi connectivity index (χ1v) is 4.43. The minimum absolute atomic E-state index is 0.145. The Morgan fingerprint density at radius 3 is 2.64 bits per heavy atom. The number of esters is 1. The molecule has 1 heterocycles. The van der Waals surface area contributed by atoms with Crippen LogP contribution in [0.1, 0.15) is 26.5 Å². The average molecular weight is 197 g/mol. The van der Waals surface area contributed by atoms with E-state index >= 15 is 0 Å². The van der Waals surface area contributed by atoms with Gasteiger partial charge in [0.1, 0.15) is 12.4 Å². The zero-order valence-electron chi connectivity index (χ0n) is 8.63. The minimum Gasteiger partial charge on any atom is -0.506 e. The molecule has 0 aliphatic heterocycles. The highest BCUT2D eigenvalue weighted by molar-refractivity contribution is 5.75. The molecule has 0 atom stereocenters. The molecule has 2 N–H and O–H groups in total. The van der Waals surface area contributed by atoms with Gasteiger partial charge < -0.3 is 14.8 Å². The third-order valence-electron chi connectivity index (χ3n) is 1.70. The maximum absolute atomic E-state index is 11.3. The minimum atomic E-state index is -0.491. The average Bonchev–Trinajstić information content (AvgIpc) is 2.45. The molecule has 4 nitrogen and oxygen atoms in total. The zero-order valence-corrected chi connectivity index (χ0v) is 8.63. The van der Waals surface area contributed by atoms with E-state index in [1.165, 1.54) is 12.3 Å². The van der Waals surface area contributed by atoms with Gasteiger partial charge in [-0.3, -0.25) is 4.79 Å². The molecule has 0 aromatic carbocycles. The summed E-state index contributed by atoms with van der Waals surface area (Å²) in [5, 5.41) is 9.01. The van der Waals surface area contributed by atoms with Gasteiger partial charge in [0, 0.05) is 12.3 Å². The highest BCUT2D eigenvalue weighted by Gasteiger charge is 2.22. The van der Waals surface area contributed by atoms with Crippen LogP contribution in [0.15, 0.2) is 12.3 Å². The van der Waals surface area contributed by atoms with E-state index in [1.54, 1.807) is 20.8 Å². The summed E-state index contributed by atoms with van der Waals surface area (Å²) in [6.45, 7) is 5.54. The van der Waals surface area contributed by atoms with Crippen molar-refractivity contribution in [3.05, 3.63) is 18.0 Å². The van der Waals surface area contributed by atoms with E-state index in [2.05, 4.69) is 4.98 Å². The third kappa shape index (κ3) is 2.80. The number of rotatable bonds is 2. The molecule has 1 aromatic rings. The number of hydrogen-bond donors (Lipinski definition) is 2. The second kappa shape index (κ2) is 3.74. The Balaban J connectivity index is 2.46. The number of carbonyl (C=O) groups is 1. The molecule has 0 radical (unpaired) electrons. The van der Waals surface area contributed by atoms with Crippen LogP contribution in [0.3, 0.4) is 0 Å². The predicted molar refractivity (Wildman–Crippen MR) is 51.7 cm³/mol. The molecule has 0 bridgehead atoms. The Kier molecular flexibility index (Phi) is 2.84. The molecule has 0 saturated heterocycles. The number of aromatic nitrogens is 1. The first-order chi connectivity index (χ1) is 6.39. The molecule has 14 heavy (non-hydrogen) atoms. The smallest absolute Gasteiger partial charge is 0.311 e. The molecular weight excluding hydrogens is 182 g/mol. The first-order valence-electron chi connectivity index (χ1n) is 4.43. The second-order valence-corrected chi connectivity index (χ2v) is 4.21. The summed E-state index contributed by atoms with van der Waals surface area (Å²) in [7, 11) is 0. The third-order valence-corrected chi connectivity index (χ3v) is 1.70. The van der Waals surface area contributed by atoms with E-state index in [0.717, 1.165) is 0 Å². The lowest BCUT2D eigenvalue weighted by atomic mass is 9.97. The first kappa shape index (κ1) is 10.6. The fourth-order valence-corrected chi connectivity index (χ4v) is 0.872. The monoisotopic (exact) mass is 197 g/mol. The standard InChI is InChI=1S/C10H15NO3/c1-10(2,3)9(13)14-6-7-4-8(12)5-11-7/h4-5,11-12H,6H2,1-3H3. The lowest BCUT2D eigenvalue weighted by molar-refractivity contribution is -0.154. The summed E-state index contributed by atoms with van der Waals surface area (Å²) < 4.78 is 5.02. The Bertz CT molecular complexity index is 322. The molecular formula is C10H15NO3. The maximum atomic E-state index is 11.3. The van der Waals surface area contributed by atoms with E-state index in [-0.39, 0.29) is 18.3 Å². The molecule has 78 valence electrons. The normalized spacial score (nSPS) is 11.4. The van der Waals surface area contributed by atoms with Gasteiger partial charge in [-0.15, -0.1) is 0 Å². The molecule has 0 spiro atoms. The van der Waals surface area contributed by atoms with Crippen LogP contribution in [0, 0.1) is 5.41 Å². The number of nitrogens with one attached hydrogen (secondary N) is 1. The highest BCUT2D eigenvalue weighted by atomic mass is 16.5. The molecule has 4 heteroatoms. The van der Waals surface area contributed by atoms with E-state index in [1.807, 2.05) is 0 Å². The number of hydrogen-bond acceptors (Lipinski definition) is 3. The fraction of sp³-hybridized carbons (Fsp3) is 0.500. The SMILES string of the molecule is CC(C)(C)C(=O)OCc1cc(O)c[nH]1. The van der Waals surface area contributed by atoms with Crippen molar-refractivity contribution >= 4 is 5.97 Å². The van der Waals surface area contributed by atoms with E-state index < -0.39 is 5.41 Å². The maximum Gasteiger partial charge on any atom is 0.311 e. The largest absolute Gasteiger partial charge is 0.506 e. The Morgan fingerprint density at radius 2 is 2.21 bits per heavy atom. The number of aromatic hydroxyl groups is 1. The Labute approximate surface area is 82.9 Å². The summed E-state index contributed by atoms with van der Waals surface area (Å²) in [6.07, 6.45) is 1.44. The number of H-pyrrole nitrogens is 1. The van der Waals surface area contributed by atoms with Gasteiger partial charge in [-0.05, 0) is 20.8 Å². The molecule has 1 rings (SSSR count). The quantitative estimate of drug-likeness (QED) is 0.711.